The molecule has 0 spiro atoms. The summed E-state index contributed by atoms with van der Waals surface area (Å²) in [5, 5.41) is 6.71. The molecule has 1 aliphatic rings. The van der Waals surface area contributed by atoms with Crippen LogP contribution in [0, 0.1) is 6.92 Å². The lowest BCUT2D eigenvalue weighted by molar-refractivity contribution is 0.0488. The topological polar surface area (TPSA) is 68.9 Å². The molecule has 1 aromatic heterocycles. The predicted octanol–water partition coefficient (Wildman–Crippen LogP) is 5.74. The van der Waals surface area contributed by atoms with Crippen LogP contribution < -0.4 is 5.30 Å². The van der Waals surface area contributed by atoms with E-state index in [1.165, 1.54) is 0 Å². The summed E-state index contributed by atoms with van der Waals surface area (Å²) in [6, 6.07) is 13.9. The van der Waals surface area contributed by atoms with Gasteiger partial charge in [0.05, 0.1) is 17.8 Å². The number of rotatable bonds is 8. The van der Waals surface area contributed by atoms with Crippen LogP contribution in [0.1, 0.15) is 35.5 Å². The molecule has 0 saturated heterocycles. The SMILES string of the molecule is CCN(CC)[P@]1(=S)OC(c2ccc(Cl)cc2)=Nc2c1c(C)nn2CCOC(=O)c1ccc(Cl)cc1. The lowest BCUT2D eigenvalue weighted by Gasteiger charge is -2.35. The molecule has 4 rings (SSSR count). The third kappa shape index (κ3) is 5.32. The Kier molecular flexibility index (Phi) is 7.99. The Morgan fingerprint density at radius 2 is 1.69 bits per heavy atom. The molecule has 3 aromatic rings. The van der Waals surface area contributed by atoms with E-state index in [1.54, 1.807) is 41.1 Å². The van der Waals surface area contributed by atoms with Gasteiger partial charge in [0.25, 0.3) is 0 Å². The van der Waals surface area contributed by atoms with Crippen LogP contribution in [0.25, 0.3) is 0 Å². The van der Waals surface area contributed by atoms with E-state index in [1.807, 2.05) is 19.1 Å². The molecule has 2 aromatic carbocycles. The highest BCUT2D eigenvalue weighted by atomic mass is 35.5. The van der Waals surface area contributed by atoms with Crippen molar-refractivity contribution in [3.05, 3.63) is 75.4 Å². The lowest BCUT2D eigenvalue weighted by atomic mass is 10.2. The fourth-order valence-electron chi connectivity index (χ4n) is 3.84. The number of hydrogen-bond acceptors (Lipinski definition) is 6. The number of esters is 1. The average Bonchev–Trinajstić information content (AvgIpc) is 3.16. The van der Waals surface area contributed by atoms with Gasteiger partial charge in [0.1, 0.15) is 11.9 Å². The predicted molar refractivity (Wildman–Crippen MR) is 144 cm³/mol. The van der Waals surface area contributed by atoms with Crippen molar-refractivity contribution in [1.29, 1.82) is 0 Å². The molecular formula is C24H25Cl2N4O3PS. The van der Waals surface area contributed by atoms with Gasteiger partial charge in [0.2, 0.25) is 12.3 Å². The van der Waals surface area contributed by atoms with E-state index in [-0.39, 0.29) is 6.61 Å². The molecule has 7 nitrogen and oxygen atoms in total. The molecule has 0 saturated carbocycles. The van der Waals surface area contributed by atoms with Crippen molar-refractivity contribution in [1.82, 2.24) is 14.5 Å². The number of carbonyl (C=O) groups is 1. The van der Waals surface area contributed by atoms with Gasteiger partial charge in [-0.05, 0) is 67.3 Å². The van der Waals surface area contributed by atoms with Crippen LogP contribution in [-0.2, 0) is 27.6 Å². The number of nitrogens with zero attached hydrogens (tertiary/aromatic N) is 4. The third-order valence-electron chi connectivity index (χ3n) is 5.58. The molecule has 0 fully saturated rings. The molecule has 1 aliphatic heterocycles. The maximum atomic E-state index is 12.4. The first-order chi connectivity index (χ1) is 16.8. The van der Waals surface area contributed by atoms with Crippen LogP contribution in [0.4, 0.5) is 5.82 Å². The molecule has 0 unspecified atom stereocenters. The number of hydrogen-bond donors (Lipinski definition) is 0. The third-order valence-corrected chi connectivity index (χ3v) is 10.4. The molecule has 11 heteroatoms. The highest BCUT2D eigenvalue weighted by Gasteiger charge is 2.40. The number of ether oxygens (including phenoxy) is 1. The van der Waals surface area contributed by atoms with Crippen LogP contribution in [0.2, 0.25) is 10.0 Å². The normalized spacial score (nSPS) is 17.0. The van der Waals surface area contributed by atoms with Gasteiger partial charge in [-0.25, -0.2) is 14.1 Å². The molecule has 184 valence electrons. The van der Waals surface area contributed by atoms with Gasteiger partial charge in [0.15, 0.2) is 5.82 Å². The van der Waals surface area contributed by atoms with Gasteiger partial charge in [0, 0.05) is 28.7 Å². The highest BCUT2D eigenvalue weighted by Crippen LogP contribution is 2.55. The Bertz CT molecular complexity index is 1310. The smallest absolute Gasteiger partial charge is 0.338 e. The summed E-state index contributed by atoms with van der Waals surface area (Å²) >= 11 is 18.2. The van der Waals surface area contributed by atoms with Crippen molar-refractivity contribution < 1.29 is 14.1 Å². The van der Waals surface area contributed by atoms with Crippen LogP contribution in [0.5, 0.6) is 0 Å². The van der Waals surface area contributed by atoms with Crippen molar-refractivity contribution in [2.24, 2.45) is 4.99 Å². The molecule has 0 N–H and O–H groups in total. The van der Waals surface area contributed by atoms with Gasteiger partial charge in [-0.15, -0.1) is 0 Å². The minimum atomic E-state index is -2.67. The number of carbonyl (C=O) groups excluding carboxylic acids is 1. The molecule has 1 atom stereocenters. The lowest BCUT2D eigenvalue weighted by Crippen LogP contribution is -2.32. The number of aliphatic imine (C=N–C) groups is 1. The summed E-state index contributed by atoms with van der Waals surface area (Å²) in [6.45, 7) is 7.92. The van der Waals surface area contributed by atoms with Crippen molar-refractivity contribution >= 4 is 64.4 Å². The zero-order valence-electron chi connectivity index (χ0n) is 19.6. The standard InChI is InChI=1S/C24H25Cl2N4O3PS/c1-4-29(5-2)34(35)21-16(3)28-30(14-15-32-24(31)18-8-12-20(26)13-9-18)22(21)27-23(33-34)17-6-10-19(25)11-7-17/h6-13H,4-5,14-15H2,1-3H3/t34-/m0/s1. The van der Waals surface area contributed by atoms with E-state index in [9.17, 15) is 4.79 Å². The van der Waals surface area contributed by atoms with Crippen molar-refractivity contribution in [3.63, 3.8) is 0 Å². The fourth-order valence-corrected chi connectivity index (χ4v) is 8.12. The van der Waals surface area contributed by atoms with E-state index >= 15 is 0 Å². The Hall–Kier alpha value is -2.22. The van der Waals surface area contributed by atoms with E-state index in [2.05, 4.69) is 18.5 Å². The zero-order valence-corrected chi connectivity index (χ0v) is 22.8. The van der Waals surface area contributed by atoms with Crippen molar-refractivity contribution in [3.8, 4) is 0 Å². The quantitative estimate of drug-likeness (QED) is 0.263. The number of benzene rings is 2. The summed E-state index contributed by atoms with van der Waals surface area (Å²) < 4.78 is 15.9. The number of halogens is 2. The fraction of sp³-hybridized carbons (Fsp3) is 0.292. The number of fused-ring (bicyclic) bond motifs is 1. The van der Waals surface area contributed by atoms with Crippen LogP contribution in [0.3, 0.4) is 0 Å². The van der Waals surface area contributed by atoms with E-state index in [0.717, 1.165) is 29.7 Å². The maximum absolute atomic E-state index is 12.4. The zero-order chi connectivity index (χ0) is 25.2. The number of aryl methyl sites for hydroxylation is 1. The van der Waals surface area contributed by atoms with Gasteiger partial charge in [-0.3, -0.25) is 0 Å². The summed E-state index contributed by atoms with van der Waals surface area (Å²) in [4.78, 5) is 17.2. The van der Waals surface area contributed by atoms with Gasteiger partial charge in [-0.1, -0.05) is 37.0 Å². The Morgan fingerprint density at radius 3 is 2.29 bits per heavy atom. The second-order valence-corrected chi connectivity index (χ2v) is 12.4. The first kappa shape index (κ1) is 25.9. The summed E-state index contributed by atoms with van der Waals surface area (Å²) in [5.74, 6) is 0.640. The van der Waals surface area contributed by atoms with E-state index in [0.29, 0.717) is 33.9 Å². The average molecular weight is 551 g/mol. The van der Waals surface area contributed by atoms with Crippen LogP contribution >= 0.6 is 29.6 Å². The monoisotopic (exact) mass is 550 g/mol. The summed E-state index contributed by atoms with van der Waals surface area (Å²) in [6.07, 6.45) is -2.67. The van der Waals surface area contributed by atoms with E-state index < -0.39 is 12.4 Å². The van der Waals surface area contributed by atoms with Crippen LogP contribution in [0.15, 0.2) is 53.5 Å². The molecule has 0 bridgehead atoms. The van der Waals surface area contributed by atoms with Gasteiger partial charge < -0.3 is 9.26 Å². The maximum Gasteiger partial charge on any atom is 0.338 e. The van der Waals surface area contributed by atoms with Crippen molar-refractivity contribution in [2.75, 3.05) is 19.7 Å². The molecule has 35 heavy (non-hydrogen) atoms. The summed E-state index contributed by atoms with van der Waals surface area (Å²) in [5.41, 5.74) is 1.97. The molecular weight excluding hydrogens is 526 g/mol. The van der Waals surface area contributed by atoms with Gasteiger partial charge in [-0.2, -0.15) is 10.1 Å². The highest BCUT2D eigenvalue weighted by molar-refractivity contribution is 8.15. The first-order valence-electron chi connectivity index (χ1n) is 11.2. The van der Waals surface area contributed by atoms with Gasteiger partial charge >= 0.3 is 5.97 Å². The molecule has 0 radical (unpaired) electrons. The Labute approximate surface area is 219 Å². The number of aromatic nitrogens is 2. The second kappa shape index (κ2) is 10.8. The summed E-state index contributed by atoms with van der Waals surface area (Å²) in [7, 11) is 0. The Morgan fingerprint density at radius 1 is 1.09 bits per heavy atom. The molecule has 0 amide bonds. The largest absolute Gasteiger partial charge is 0.460 e. The molecule has 2 heterocycles. The Balaban J connectivity index is 1.66. The minimum Gasteiger partial charge on any atom is -0.460 e. The van der Waals surface area contributed by atoms with Crippen LogP contribution in [-0.4, -0.2) is 46.0 Å². The van der Waals surface area contributed by atoms with Crippen molar-refractivity contribution in [2.45, 2.75) is 27.3 Å². The first-order valence-corrected chi connectivity index (χ1v) is 14.6. The second-order valence-electron chi connectivity index (χ2n) is 7.80. The molecule has 0 aliphatic carbocycles. The van der Waals surface area contributed by atoms with E-state index in [4.69, 9.17) is 54.4 Å². The minimum absolute atomic E-state index is 0.121.